The Bertz CT molecular complexity index is 451. The van der Waals surface area contributed by atoms with Crippen LogP contribution < -0.4 is 0 Å². The fourth-order valence-electron chi connectivity index (χ4n) is 1.25. The van der Waals surface area contributed by atoms with E-state index in [0.29, 0.717) is 5.56 Å². The maximum Gasteiger partial charge on any atom is 0.310 e. The van der Waals surface area contributed by atoms with Crippen molar-refractivity contribution in [3.05, 3.63) is 28.3 Å². The second kappa shape index (κ2) is 5.38. The third kappa shape index (κ3) is 2.88. The zero-order valence-corrected chi connectivity index (χ0v) is 9.41. The minimum Gasteiger partial charge on any atom is -0.508 e. The second-order valence-electron chi connectivity index (χ2n) is 3.06. The number of nitrogens with zero attached hydrogens (tertiary/aromatic N) is 1. The first-order valence-corrected chi connectivity index (χ1v) is 5.03. The molecule has 0 amide bonds. The van der Waals surface area contributed by atoms with Crippen LogP contribution in [0.5, 0.6) is 5.75 Å². The maximum atomic E-state index is 11.2. The predicted octanol–water partition coefficient (Wildman–Crippen LogP) is 2.02. The SMILES string of the molecule is CCOC(=O)Cc1cc(O)cc(C#N)c1Cl. The molecule has 1 rings (SSSR count). The van der Waals surface area contributed by atoms with Gasteiger partial charge in [-0.05, 0) is 24.6 Å². The summed E-state index contributed by atoms with van der Waals surface area (Å²) in [6.07, 6.45) is -0.0598. The van der Waals surface area contributed by atoms with E-state index in [2.05, 4.69) is 0 Å². The molecule has 0 aliphatic rings. The van der Waals surface area contributed by atoms with Crippen LogP contribution in [0, 0.1) is 11.3 Å². The molecule has 0 fully saturated rings. The third-order valence-electron chi connectivity index (χ3n) is 1.89. The lowest BCUT2D eigenvalue weighted by Crippen LogP contribution is -2.08. The topological polar surface area (TPSA) is 70.3 Å². The number of aromatic hydroxyl groups is 1. The van der Waals surface area contributed by atoms with Crippen molar-refractivity contribution in [2.75, 3.05) is 6.61 Å². The number of nitriles is 1. The zero-order valence-electron chi connectivity index (χ0n) is 8.66. The average molecular weight is 240 g/mol. The van der Waals surface area contributed by atoms with Gasteiger partial charge in [0.25, 0.3) is 0 Å². The zero-order chi connectivity index (χ0) is 12.1. The van der Waals surface area contributed by atoms with Crippen LogP contribution in [-0.2, 0) is 16.0 Å². The number of carbonyl (C=O) groups is 1. The van der Waals surface area contributed by atoms with Gasteiger partial charge in [0.1, 0.15) is 11.8 Å². The smallest absolute Gasteiger partial charge is 0.310 e. The molecule has 0 aliphatic heterocycles. The standard InChI is InChI=1S/C11H10ClNO3/c1-2-16-10(15)5-7-3-9(14)4-8(6-13)11(7)12/h3-4,14H,2,5H2,1H3. The molecule has 0 spiro atoms. The van der Waals surface area contributed by atoms with E-state index in [1.807, 2.05) is 6.07 Å². The molecule has 0 saturated carbocycles. The molecule has 0 atom stereocenters. The van der Waals surface area contributed by atoms with Gasteiger partial charge in [-0.1, -0.05) is 11.6 Å². The minimum atomic E-state index is -0.445. The quantitative estimate of drug-likeness (QED) is 0.820. The molecule has 0 heterocycles. The number of ether oxygens (including phenoxy) is 1. The number of phenolic OH excluding ortho intramolecular Hbond substituents is 1. The van der Waals surface area contributed by atoms with E-state index in [1.54, 1.807) is 6.92 Å². The Labute approximate surface area is 98.0 Å². The van der Waals surface area contributed by atoms with Gasteiger partial charge in [-0.2, -0.15) is 5.26 Å². The molecule has 84 valence electrons. The summed E-state index contributed by atoms with van der Waals surface area (Å²) in [5.74, 6) is -0.542. The van der Waals surface area contributed by atoms with Crippen LogP contribution in [0.4, 0.5) is 0 Å². The van der Waals surface area contributed by atoms with E-state index >= 15 is 0 Å². The first-order valence-electron chi connectivity index (χ1n) is 4.65. The molecule has 0 radical (unpaired) electrons. The predicted molar refractivity (Wildman–Crippen MR) is 58.2 cm³/mol. The molecule has 4 nitrogen and oxygen atoms in total. The molecular weight excluding hydrogens is 230 g/mol. The Kier molecular flexibility index (Phi) is 4.15. The second-order valence-corrected chi connectivity index (χ2v) is 3.44. The van der Waals surface area contributed by atoms with Crippen LogP contribution in [0.1, 0.15) is 18.1 Å². The Morgan fingerprint density at radius 3 is 2.88 bits per heavy atom. The summed E-state index contributed by atoms with van der Waals surface area (Å²) in [5, 5.41) is 18.2. The highest BCUT2D eigenvalue weighted by Crippen LogP contribution is 2.26. The van der Waals surface area contributed by atoms with E-state index in [-0.39, 0.29) is 29.4 Å². The van der Waals surface area contributed by atoms with Gasteiger partial charge in [0.2, 0.25) is 0 Å². The molecule has 1 N–H and O–H groups in total. The summed E-state index contributed by atoms with van der Waals surface area (Å²) in [7, 11) is 0. The van der Waals surface area contributed by atoms with E-state index in [9.17, 15) is 9.90 Å². The number of hydrogen-bond donors (Lipinski definition) is 1. The minimum absolute atomic E-state index is 0.0598. The van der Waals surface area contributed by atoms with Gasteiger partial charge in [0.05, 0.1) is 23.6 Å². The van der Waals surface area contributed by atoms with Crippen LogP contribution >= 0.6 is 11.6 Å². The number of halogens is 1. The Hall–Kier alpha value is -1.73. The Balaban J connectivity index is 3.01. The van der Waals surface area contributed by atoms with Crippen molar-refractivity contribution in [1.82, 2.24) is 0 Å². The lowest BCUT2D eigenvalue weighted by atomic mass is 10.1. The van der Waals surface area contributed by atoms with Gasteiger partial charge in [0.15, 0.2) is 0 Å². The average Bonchev–Trinajstić information content (AvgIpc) is 2.23. The molecule has 0 unspecified atom stereocenters. The molecule has 0 aromatic heterocycles. The molecule has 5 heteroatoms. The number of esters is 1. The number of phenols is 1. The van der Waals surface area contributed by atoms with Crippen LogP contribution in [0.3, 0.4) is 0 Å². The molecule has 1 aromatic carbocycles. The normalized spacial score (nSPS) is 9.56. The van der Waals surface area contributed by atoms with Crippen molar-refractivity contribution in [3.8, 4) is 11.8 Å². The summed E-state index contributed by atoms with van der Waals surface area (Å²) in [4.78, 5) is 11.2. The van der Waals surface area contributed by atoms with Crippen LogP contribution in [0.25, 0.3) is 0 Å². The highest BCUT2D eigenvalue weighted by atomic mass is 35.5. The number of carbonyl (C=O) groups excluding carboxylic acids is 1. The van der Waals surface area contributed by atoms with E-state index in [1.165, 1.54) is 12.1 Å². The highest BCUT2D eigenvalue weighted by molar-refractivity contribution is 6.32. The number of hydrogen-bond acceptors (Lipinski definition) is 4. The van der Waals surface area contributed by atoms with Crippen molar-refractivity contribution in [2.45, 2.75) is 13.3 Å². The third-order valence-corrected chi connectivity index (χ3v) is 2.34. The van der Waals surface area contributed by atoms with Crippen LogP contribution in [0.15, 0.2) is 12.1 Å². The summed E-state index contributed by atoms with van der Waals surface area (Å²) >= 11 is 5.88. The summed E-state index contributed by atoms with van der Waals surface area (Å²) in [6, 6.07) is 4.43. The van der Waals surface area contributed by atoms with Crippen molar-refractivity contribution in [1.29, 1.82) is 5.26 Å². The fourth-order valence-corrected chi connectivity index (χ4v) is 1.46. The van der Waals surface area contributed by atoms with Crippen molar-refractivity contribution >= 4 is 17.6 Å². The van der Waals surface area contributed by atoms with E-state index in [0.717, 1.165) is 0 Å². The van der Waals surface area contributed by atoms with E-state index in [4.69, 9.17) is 21.6 Å². The molecule has 0 aliphatic carbocycles. The van der Waals surface area contributed by atoms with Crippen molar-refractivity contribution in [2.24, 2.45) is 0 Å². The Morgan fingerprint density at radius 1 is 1.62 bits per heavy atom. The van der Waals surface area contributed by atoms with Gasteiger partial charge in [-0.3, -0.25) is 4.79 Å². The molecular formula is C11H10ClNO3. The summed E-state index contributed by atoms with van der Waals surface area (Å²) < 4.78 is 4.75. The lowest BCUT2D eigenvalue weighted by molar-refractivity contribution is -0.142. The van der Waals surface area contributed by atoms with Gasteiger partial charge in [-0.15, -0.1) is 0 Å². The highest BCUT2D eigenvalue weighted by Gasteiger charge is 2.12. The van der Waals surface area contributed by atoms with Crippen molar-refractivity contribution < 1.29 is 14.6 Å². The fraction of sp³-hybridized carbons (Fsp3) is 0.273. The van der Waals surface area contributed by atoms with Crippen molar-refractivity contribution in [3.63, 3.8) is 0 Å². The first kappa shape index (κ1) is 12.3. The van der Waals surface area contributed by atoms with Gasteiger partial charge in [-0.25, -0.2) is 0 Å². The van der Waals surface area contributed by atoms with Crippen LogP contribution in [-0.4, -0.2) is 17.7 Å². The molecule has 16 heavy (non-hydrogen) atoms. The Morgan fingerprint density at radius 2 is 2.31 bits per heavy atom. The van der Waals surface area contributed by atoms with E-state index < -0.39 is 5.97 Å². The van der Waals surface area contributed by atoms with Crippen LogP contribution in [0.2, 0.25) is 5.02 Å². The summed E-state index contributed by atoms with van der Waals surface area (Å²) in [5.41, 5.74) is 0.526. The van der Waals surface area contributed by atoms with Gasteiger partial charge in [0, 0.05) is 0 Å². The number of benzene rings is 1. The maximum absolute atomic E-state index is 11.2. The largest absolute Gasteiger partial charge is 0.508 e. The first-order chi connectivity index (χ1) is 7.58. The van der Waals surface area contributed by atoms with Gasteiger partial charge >= 0.3 is 5.97 Å². The lowest BCUT2D eigenvalue weighted by Gasteiger charge is -2.06. The summed E-state index contributed by atoms with van der Waals surface area (Å²) in [6.45, 7) is 1.98. The number of rotatable bonds is 3. The van der Waals surface area contributed by atoms with Gasteiger partial charge < -0.3 is 9.84 Å². The molecule has 0 saturated heterocycles. The molecule has 0 bridgehead atoms. The molecule has 1 aromatic rings. The monoisotopic (exact) mass is 239 g/mol.